The van der Waals surface area contributed by atoms with Gasteiger partial charge in [-0.2, -0.15) is 0 Å². The maximum Gasteiger partial charge on any atom is 0.341 e. The molecule has 1 aromatic heterocycles. The lowest BCUT2D eigenvalue weighted by Crippen LogP contribution is -2.36. The van der Waals surface area contributed by atoms with E-state index >= 15 is 0 Å². The van der Waals surface area contributed by atoms with E-state index in [1.54, 1.807) is 31.5 Å². The van der Waals surface area contributed by atoms with Crippen molar-refractivity contribution < 1.29 is 14.3 Å². The summed E-state index contributed by atoms with van der Waals surface area (Å²) >= 11 is 17.1. The fourth-order valence-corrected chi connectivity index (χ4v) is 4.53. The Kier molecular flexibility index (Phi) is 6.11. The first-order valence-electron chi connectivity index (χ1n) is 9.73. The zero-order valence-corrected chi connectivity index (χ0v) is 18.8. The minimum atomic E-state index is -2.21. The first-order chi connectivity index (χ1) is 14.7. The largest absolute Gasteiger partial charge is 0.411 e. The Balaban J connectivity index is 1.78. The molecule has 2 atom stereocenters. The number of nitrogens with one attached hydrogen (secondary N) is 1. The highest BCUT2D eigenvalue weighted by Crippen LogP contribution is 2.46. The van der Waals surface area contributed by atoms with E-state index in [1.807, 2.05) is 30.3 Å². The summed E-state index contributed by atoms with van der Waals surface area (Å²) in [5, 5.41) is 3.26. The van der Waals surface area contributed by atoms with E-state index < -0.39 is 15.9 Å². The summed E-state index contributed by atoms with van der Waals surface area (Å²) in [6.07, 6.45) is 4.23. The number of rotatable bonds is 3. The minimum Gasteiger partial charge on any atom is -0.411 e. The molecule has 0 spiro atoms. The van der Waals surface area contributed by atoms with Crippen LogP contribution in [0.3, 0.4) is 0 Å². The number of Topliss-reactive ketones (excluding diaryl/α,β-unsaturated/α-hetero) is 1. The number of allylic oxidation sites excluding steroid dienone is 3. The summed E-state index contributed by atoms with van der Waals surface area (Å²) in [4.78, 5) is 30.4. The third kappa shape index (κ3) is 4.64. The van der Waals surface area contributed by atoms with Crippen molar-refractivity contribution in [2.24, 2.45) is 0 Å². The normalized spacial score (nSPS) is 21.5. The molecule has 0 amide bonds. The maximum atomic E-state index is 13.4. The Morgan fingerprint density at radius 1 is 1.06 bits per heavy atom. The number of alkyl halides is 3. The fraction of sp³-hybridized carbons (Fsp3) is 0.261. The fourth-order valence-electron chi connectivity index (χ4n) is 4.32. The number of esters is 1. The molecule has 2 aliphatic rings. The highest BCUT2D eigenvalue weighted by atomic mass is 35.6. The Hall–Kier alpha value is -2.34. The first-order valence-corrected chi connectivity index (χ1v) is 10.9. The second-order valence-electron chi connectivity index (χ2n) is 7.54. The molecule has 160 valence electrons. The lowest BCUT2D eigenvalue weighted by atomic mass is 9.72. The lowest BCUT2D eigenvalue weighted by Gasteiger charge is -2.36. The van der Waals surface area contributed by atoms with Crippen molar-refractivity contribution in [2.45, 2.75) is 35.6 Å². The predicted molar refractivity (Wildman–Crippen MR) is 120 cm³/mol. The summed E-state index contributed by atoms with van der Waals surface area (Å²) < 4.78 is 2.80. The predicted octanol–water partition coefficient (Wildman–Crippen LogP) is 5.31. The van der Waals surface area contributed by atoms with Crippen molar-refractivity contribution in [2.75, 3.05) is 0 Å². The van der Waals surface area contributed by atoms with Gasteiger partial charge in [0, 0.05) is 41.7 Å². The van der Waals surface area contributed by atoms with Gasteiger partial charge in [0.2, 0.25) is 0 Å². The van der Waals surface area contributed by atoms with Crippen molar-refractivity contribution in [1.29, 1.82) is 0 Å². The van der Waals surface area contributed by atoms with Crippen LogP contribution in [0, 0.1) is 0 Å². The topological polar surface area (TPSA) is 68.3 Å². The summed E-state index contributed by atoms with van der Waals surface area (Å²) in [5.41, 5.74) is 3.98. The number of nitrogens with zero attached hydrogens (tertiary/aromatic N) is 1. The van der Waals surface area contributed by atoms with Crippen LogP contribution in [0.15, 0.2) is 77.4 Å². The Bertz CT molecular complexity index is 1080. The van der Waals surface area contributed by atoms with Gasteiger partial charge < -0.3 is 10.1 Å². The summed E-state index contributed by atoms with van der Waals surface area (Å²) in [7, 11) is 0. The number of dihydropyridines is 1. The van der Waals surface area contributed by atoms with Crippen molar-refractivity contribution >= 4 is 46.6 Å². The molecule has 1 aromatic carbocycles. The summed E-state index contributed by atoms with van der Waals surface area (Å²) in [5.74, 6) is -1.41. The van der Waals surface area contributed by atoms with E-state index in [9.17, 15) is 9.59 Å². The van der Waals surface area contributed by atoms with Gasteiger partial charge in [0.15, 0.2) is 5.78 Å². The van der Waals surface area contributed by atoms with Crippen LogP contribution in [0.1, 0.15) is 42.7 Å². The van der Waals surface area contributed by atoms with Crippen LogP contribution in [0.25, 0.3) is 0 Å². The SMILES string of the molecule is CC1=C(C(=O)OC(Cl)(Cl)Cl)[C@H](c2ccncc2)C2=C(C[C@@H](c3ccccc3)CC2=O)N1. The number of carbonyl (C=O) groups is 2. The van der Waals surface area contributed by atoms with Crippen molar-refractivity contribution in [1.82, 2.24) is 10.3 Å². The molecule has 0 saturated heterocycles. The zero-order valence-electron chi connectivity index (χ0n) is 16.6. The molecular weight excluding hydrogens is 459 g/mol. The monoisotopic (exact) mass is 476 g/mol. The Morgan fingerprint density at radius 2 is 1.74 bits per heavy atom. The maximum absolute atomic E-state index is 13.4. The van der Waals surface area contributed by atoms with Gasteiger partial charge in [0.05, 0.1) is 5.57 Å². The van der Waals surface area contributed by atoms with Gasteiger partial charge in [-0.15, -0.1) is 0 Å². The number of pyridine rings is 1. The van der Waals surface area contributed by atoms with Gasteiger partial charge in [-0.05, 0) is 77.3 Å². The van der Waals surface area contributed by atoms with Crippen molar-refractivity contribution in [3.05, 3.63) is 88.5 Å². The molecule has 0 radical (unpaired) electrons. The minimum absolute atomic E-state index is 0.0314. The van der Waals surface area contributed by atoms with Crippen molar-refractivity contribution in [3.8, 4) is 0 Å². The standard InChI is InChI=1S/C23H19Cl3N2O3/c1-13-19(22(30)31-23(24,25)26)20(15-7-9-27-10-8-15)21-17(28-13)11-16(12-18(21)29)14-5-3-2-4-6-14/h2-10,16,20,28H,11-12H2,1H3/t16-,20+/m1/s1. The van der Waals surface area contributed by atoms with Gasteiger partial charge in [-0.3, -0.25) is 9.78 Å². The second kappa shape index (κ2) is 8.65. The third-order valence-electron chi connectivity index (χ3n) is 5.57. The number of carbonyl (C=O) groups excluding carboxylic acids is 2. The number of hydrogen-bond donors (Lipinski definition) is 1. The number of hydrogen-bond acceptors (Lipinski definition) is 5. The molecule has 0 unspecified atom stereocenters. The first kappa shape index (κ1) is 21.9. The van der Waals surface area contributed by atoms with Crippen LogP contribution < -0.4 is 5.32 Å². The molecule has 4 rings (SSSR count). The zero-order chi connectivity index (χ0) is 22.2. The number of ether oxygens (including phenoxy) is 1. The molecule has 1 aliphatic heterocycles. The quantitative estimate of drug-likeness (QED) is 0.479. The summed E-state index contributed by atoms with van der Waals surface area (Å²) in [6, 6.07) is 13.5. The Morgan fingerprint density at radius 3 is 2.39 bits per heavy atom. The average Bonchev–Trinajstić information content (AvgIpc) is 2.72. The Labute approximate surface area is 195 Å². The highest BCUT2D eigenvalue weighted by molar-refractivity contribution is 6.66. The van der Waals surface area contributed by atoms with E-state index in [0.717, 1.165) is 16.8 Å². The second-order valence-corrected chi connectivity index (χ2v) is 9.72. The van der Waals surface area contributed by atoms with Gasteiger partial charge in [-0.1, -0.05) is 30.3 Å². The van der Waals surface area contributed by atoms with Gasteiger partial charge in [-0.25, -0.2) is 4.79 Å². The molecular formula is C23H19Cl3N2O3. The molecule has 2 heterocycles. The van der Waals surface area contributed by atoms with Crippen LogP contribution in [-0.4, -0.2) is 20.7 Å². The lowest BCUT2D eigenvalue weighted by molar-refractivity contribution is -0.140. The van der Waals surface area contributed by atoms with Gasteiger partial charge >= 0.3 is 9.95 Å². The highest BCUT2D eigenvalue weighted by Gasteiger charge is 2.42. The molecule has 8 heteroatoms. The molecule has 0 saturated carbocycles. The molecule has 1 aliphatic carbocycles. The van der Waals surface area contributed by atoms with Crippen LogP contribution in [0.4, 0.5) is 0 Å². The van der Waals surface area contributed by atoms with Gasteiger partial charge in [0.1, 0.15) is 0 Å². The molecule has 1 N–H and O–H groups in total. The summed E-state index contributed by atoms with van der Waals surface area (Å²) in [6.45, 7) is 1.75. The van der Waals surface area contributed by atoms with E-state index in [4.69, 9.17) is 39.5 Å². The molecule has 0 bridgehead atoms. The van der Waals surface area contributed by atoms with E-state index in [1.165, 1.54) is 0 Å². The van der Waals surface area contributed by atoms with Crippen LogP contribution in [0.2, 0.25) is 0 Å². The molecule has 31 heavy (non-hydrogen) atoms. The number of ketones is 1. The van der Waals surface area contributed by atoms with Crippen molar-refractivity contribution in [3.63, 3.8) is 0 Å². The van der Waals surface area contributed by atoms with E-state index in [-0.39, 0.29) is 17.3 Å². The smallest absolute Gasteiger partial charge is 0.341 e. The molecule has 5 nitrogen and oxygen atoms in total. The van der Waals surface area contributed by atoms with E-state index in [2.05, 4.69) is 10.3 Å². The van der Waals surface area contributed by atoms with E-state index in [0.29, 0.717) is 24.1 Å². The number of benzene rings is 1. The molecule has 0 fully saturated rings. The van der Waals surface area contributed by atoms with Crippen LogP contribution in [-0.2, 0) is 14.3 Å². The molecule has 2 aromatic rings. The third-order valence-corrected chi connectivity index (χ3v) is 5.80. The van der Waals surface area contributed by atoms with Crippen LogP contribution in [0.5, 0.6) is 0 Å². The van der Waals surface area contributed by atoms with Gasteiger partial charge in [0.25, 0.3) is 0 Å². The number of halogens is 3. The number of aromatic nitrogens is 1. The average molecular weight is 478 g/mol. The van der Waals surface area contributed by atoms with Crippen LogP contribution >= 0.6 is 34.8 Å².